The molecule has 3 heterocycles. The highest BCUT2D eigenvalue weighted by Gasteiger charge is 2.12. The van der Waals surface area contributed by atoms with Crippen LogP contribution in [0.5, 0.6) is 0 Å². The Labute approximate surface area is 116 Å². The smallest absolute Gasteiger partial charge is 0.161 e. The van der Waals surface area contributed by atoms with Gasteiger partial charge in [-0.25, -0.2) is 9.97 Å². The lowest BCUT2D eigenvalue weighted by molar-refractivity contribution is 0.624. The van der Waals surface area contributed by atoms with Gasteiger partial charge in [0.25, 0.3) is 0 Å². The number of nitrogens with zero attached hydrogens (tertiary/aromatic N) is 3. The Bertz CT molecular complexity index is 782. The molecular formula is C16H14N4. The van der Waals surface area contributed by atoms with E-state index in [-0.39, 0.29) is 0 Å². The van der Waals surface area contributed by atoms with E-state index >= 15 is 0 Å². The highest BCUT2D eigenvalue weighted by Crippen LogP contribution is 2.21. The van der Waals surface area contributed by atoms with E-state index in [2.05, 4.69) is 32.4 Å². The molecule has 1 aromatic carbocycles. The number of rotatable bonds is 1. The fraction of sp³-hybridized carbons (Fsp3) is 0.188. The summed E-state index contributed by atoms with van der Waals surface area (Å²) in [5.41, 5.74) is 4.32. The molecule has 0 unspecified atom stereocenters. The molecule has 4 heteroatoms. The Hall–Kier alpha value is -2.33. The second kappa shape index (κ2) is 4.65. The third kappa shape index (κ3) is 1.94. The molecule has 0 fully saturated rings. The maximum absolute atomic E-state index is 4.68. The van der Waals surface area contributed by atoms with E-state index < -0.39 is 0 Å². The lowest BCUT2D eigenvalue weighted by atomic mass is 10.1. The number of hydrogen-bond donors (Lipinski definition) is 1. The number of pyridine rings is 1. The van der Waals surface area contributed by atoms with Crippen LogP contribution in [0.1, 0.15) is 11.3 Å². The second-order valence-electron chi connectivity index (χ2n) is 5.01. The van der Waals surface area contributed by atoms with Crippen molar-refractivity contribution in [1.82, 2.24) is 20.3 Å². The fourth-order valence-electron chi connectivity index (χ4n) is 2.57. The van der Waals surface area contributed by atoms with Crippen LogP contribution in [0.3, 0.4) is 0 Å². The molecule has 4 nitrogen and oxygen atoms in total. The van der Waals surface area contributed by atoms with Crippen molar-refractivity contribution in [3.63, 3.8) is 0 Å². The summed E-state index contributed by atoms with van der Waals surface area (Å²) in [5.74, 6) is 0.755. The van der Waals surface area contributed by atoms with Crippen molar-refractivity contribution in [2.45, 2.75) is 13.0 Å². The molecule has 0 bridgehead atoms. The van der Waals surface area contributed by atoms with Crippen molar-refractivity contribution in [2.24, 2.45) is 0 Å². The van der Waals surface area contributed by atoms with Crippen molar-refractivity contribution < 1.29 is 0 Å². The van der Waals surface area contributed by atoms with Gasteiger partial charge in [-0.05, 0) is 30.7 Å². The first kappa shape index (κ1) is 11.5. The summed E-state index contributed by atoms with van der Waals surface area (Å²) in [6.45, 7) is 1.83. The number of hydrogen-bond acceptors (Lipinski definition) is 4. The molecule has 0 atom stereocenters. The van der Waals surface area contributed by atoms with Crippen LogP contribution in [-0.2, 0) is 13.0 Å². The van der Waals surface area contributed by atoms with Crippen LogP contribution in [0.15, 0.2) is 42.7 Å². The molecule has 20 heavy (non-hydrogen) atoms. The van der Waals surface area contributed by atoms with E-state index in [1.54, 1.807) is 0 Å². The largest absolute Gasteiger partial charge is 0.311 e. The number of benzene rings is 1. The van der Waals surface area contributed by atoms with E-state index in [0.29, 0.717) is 0 Å². The fourth-order valence-corrected chi connectivity index (χ4v) is 2.57. The third-order valence-corrected chi connectivity index (χ3v) is 3.67. The summed E-state index contributed by atoms with van der Waals surface area (Å²) in [7, 11) is 0. The van der Waals surface area contributed by atoms with E-state index in [0.717, 1.165) is 47.5 Å². The van der Waals surface area contributed by atoms with Crippen LogP contribution in [0.25, 0.3) is 22.3 Å². The van der Waals surface area contributed by atoms with Gasteiger partial charge in [0.1, 0.15) is 0 Å². The topological polar surface area (TPSA) is 50.7 Å². The van der Waals surface area contributed by atoms with Gasteiger partial charge in [-0.3, -0.25) is 4.98 Å². The minimum Gasteiger partial charge on any atom is -0.311 e. The van der Waals surface area contributed by atoms with Gasteiger partial charge in [0.2, 0.25) is 0 Å². The summed E-state index contributed by atoms with van der Waals surface area (Å²) < 4.78 is 0. The molecule has 0 spiro atoms. The van der Waals surface area contributed by atoms with E-state index in [9.17, 15) is 0 Å². The maximum Gasteiger partial charge on any atom is 0.161 e. The molecular weight excluding hydrogens is 248 g/mol. The van der Waals surface area contributed by atoms with Crippen molar-refractivity contribution in [3.8, 4) is 11.4 Å². The number of aromatic nitrogens is 3. The molecule has 1 aliphatic heterocycles. The average molecular weight is 262 g/mol. The summed E-state index contributed by atoms with van der Waals surface area (Å²) in [5, 5.41) is 4.46. The molecule has 2 aromatic heterocycles. The minimum atomic E-state index is 0.755. The third-order valence-electron chi connectivity index (χ3n) is 3.67. The van der Waals surface area contributed by atoms with Crippen molar-refractivity contribution in [1.29, 1.82) is 0 Å². The van der Waals surface area contributed by atoms with Gasteiger partial charge in [-0.1, -0.05) is 18.2 Å². The normalized spacial score (nSPS) is 14.2. The molecule has 0 saturated carbocycles. The number of nitrogens with one attached hydrogen (secondary N) is 1. The second-order valence-corrected chi connectivity index (χ2v) is 5.01. The molecule has 1 N–H and O–H groups in total. The van der Waals surface area contributed by atoms with E-state index in [4.69, 9.17) is 0 Å². The summed E-state index contributed by atoms with van der Waals surface area (Å²) in [6, 6.07) is 10.2. The van der Waals surface area contributed by atoms with Crippen molar-refractivity contribution in [3.05, 3.63) is 54.0 Å². The molecule has 0 aliphatic carbocycles. The first-order valence-corrected chi connectivity index (χ1v) is 6.81. The lowest BCUT2D eigenvalue weighted by Crippen LogP contribution is -2.25. The van der Waals surface area contributed by atoms with Gasteiger partial charge in [0.15, 0.2) is 5.82 Å². The van der Waals surface area contributed by atoms with Crippen LogP contribution < -0.4 is 5.32 Å². The first-order chi connectivity index (χ1) is 9.90. The highest BCUT2D eigenvalue weighted by molar-refractivity contribution is 5.82. The predicted octanol–water partition coefficient (Wildman–Crippen LogP) is 2.34. The zero-order valence-corrected chi connectivity index (χ0v) is 11.0. The number of fused-ring (bicyclic) bond motifs is 2. The molecule has 0 radical (unpaired) electrons. The number of para-hydroxylation sites is 1. The van der Waals surface area contributed by atoms with Crippen molar-refractivity contribution in [2.75, 3.05) is 6.54 Å². The van der Waals surface area contributed by atoms with Gasteiger partial charge < -0.3 is 5.32 Å². The molecule has 1 aliphatic rings. The highest BCUT2D eigenvalue weighted by atomic mass is 15.0. The summed E-state index contributed by atoms with van der Waals surface area (Å²) in [6.07, 6.45) is 4.81. The molecule has 3 aromatic rings. The van der Waals surface area contributed by atoms with Gasteiger partial charge in [0.05, 0.1) is 11.2 Å². The van der Waals surface area contributed by atoms with E-state index in [1.165, 1.54) is 5.56 Å². The zero-order valence-electron chi connectivity index (χ0n) is 11.0. The molecule has 0 saturated heterocycles. The minimum absolute atomic E-state index is 0.755. The van der Waals surface area contributed by atoms with Gasteiger partial charge in [-0.2, -0.15) is 0 Å². The van der Waals surface area contributed by atoms with Gasteiger partial charge in [-0.15, -0.1) is 0 Å². The summed E-state index contributed by atoms with van der Waals surface area (Å²) in [4.78, 5) is 13.6. The Balaban J connectivity index is 1.82. The quantitative estimate of drug-likeness (QED) is 0.731. The van der Waals surface area contributed by atoms with Crippen LogP contribution in [0, 0.1) is 0 Å². The van der Waals surface area contributed by atoms with Crippen LogP contribution in [-0.4, -0.2) is 21.5 Å². The maximum atomic E-state index is 4.68. The van der Waals surface area contributed by atoms with E-state index in [1.807, 2.05) is 30.6 Å². The predicted molar refractivity (Wildman–Crippen MR) is 78.2 cm³/mol. The molecule has 98 valence electrons. The average Bonchev–Trinajstić information content (AvgIpc) is 2.54. The molecule has 0 amide bonds. The lowest BCUT2D eigenvalue weighted by Gasteiger charge is -2.16. The Morgan fingerprint density at radius 1 is 1.05 bits per heavy atom. The van der Waals surface area contributed by atoms with Crippen molar-refractivity contribution >= 4 is 10.9 Å². The SMILES string of the molecule is c1ccc2ncc(-c3ncc4c(n3)CNCC4)cc2c1. The van der Waals surface area contributed by atoms with Gasteiger partial charge >= 0.3 is 0 Å². The summed E-state index contributed by atoms with van der Waals surface area (Å²) >= 11 is 0. The standard InChI is InChI=1S/C16H14N4/c1-2-4-14-11(3-1)7-13(9-18-14)16-19-8-12-5-6-17-10-15(12)20-16/h1-4,7-9,17H,5-6,10H2. The van der Waals surface area contributed by atoms with Crippen LogP contribution >= 0.6 is 0 Å². The van der Waals surface area contributed by atoms with Gasteiger partial charge in [0, 0.05) is 29.9 Å². The zero-order chi connectivity index (χ0) is 13.4. The Kier molecular flexibility index (Phi) is 2.67. The Morgan fingerprint density at radius 3 is 3.00 bits per heavy atom. The monoisotopic (exact) mass is 262 g/mol. The van der Waals surface area contributed by atoms with Crippen LogP contribution in [0.2, 0.25) is 0 Å². The first-order valence-electron chi connectivity index (χ1n) is 6.81. The molecule has 4 rings (SSSR count). The Morgan fingerprint density at radius 2 is 2.00 bits per heavy atom. The van der Waals surface area contributed by atoms with Crippen LogP contribution in [0.4, 0.5) is 0 Å².